The summed E-state index contributed by atoms with van der Waals surface area (Å²) in [5.74, 6) is 3.30. The quantitative estimate of drug-likeness (QED) is 0.164. The van der Waals surface area contributed by atoms with Crippen LogP contribution < -0.4 is 0 Å². The van der Waals surface area contributed by atoms with Crippen LogP contribution >= 0.6 is 0 Å². The van der Waals surface area contributed by atoms with Gasteiger partial charge in [-0.1, -0.05) is 27.7 Å². The second-order valence-electron chi connectivity index (χ2n) is 20.6. The Kier molecular flexibility index (Phi) is 12.1. The SMILES string of the molecule is C[C@H]1CC[C@@]2(OC1)O[C@H]1C[C@@H]3[C@@H]4CC[C@@H]5C[C@@H](O[C@@H]6O[C@H](CO)[C@@H](O[C@@H]7OC[C@@H](O)[C@H](O)[C@H]7O)[C@H](O)[C@H]6O[C@@H]6OC[C@@H](O)[C@H](O)[C@H]6O)CC[C@]5(C)[C@H]4CC[C@]3(C)[C@H]1[C@@H]2C. The number of fused-ring (bicyclic) bond motifs is 7. The summed E-state index contributed by atoms with van der Waals surface area (Å²) in [6.45, 7) is 9.18. The molecule has 8 N–H and O–H groups in total. The topological polar surface area (TPSA) is 236 Å². The highest BCUT2D eigenvalue weighted by Crippen LogP contribution is 2.71. The molecule has 16 heteroatoms. The van der Waals surface area contributed by atoms with Crippen LogP contribution in [0.2, 0.25) is 0 Å². The first-order valence-electron chi connectivity index (χ1n) is 22.6. The fourth-order valence-electron chi connectivity index (χ4n) is 14.1. The standard InChI is InChI=1S/C43H70O16/c1-19-7-12-43(54-16-19)20(2)30-28(59-43)14-25-23-6-5-21-13-22(8-10-41(21,3)24(23)9-11-42(25,30)4)55-40-37(58-39-34(50)32(48)27(46)18-53-39)35(51)36(29(15-44)56-40)57-38-33(49)31(47)26(45)17-52-38/h19-40,44-51H,5-18H2,1-4H3/t19-,20-,21+,22-,23+,24-,25+,26+,27+,28-,29+,30-,31-,32-,33+,34+,35-,36+,37+,38-,39-,40+,41-,42-,43+/m0/s1. The van der Waals surface area contributed by atoms with Gasteiger partial charge in [-0.05, 0) is 104 Å². The maximum absolute atomic E-state index is 11.9. The van der Waals surface area contributed by atoms with Crippen molar-refractivity contribution in [2.24, 2.45) is 52.3 Å². The van der Waals surface area contributed by atoms with Crippen LogP contribution in [0.3, 0.4) is 0 Å². The zero-order chi connectivity index (χ0) is 41.8. The lowest BCUT2D eigenvalue weighted by molar-refractivity contribution is -0.382. The van der Waals surface area contributed by atoms with Gasteiger partial charge in [0.15, 0.2) is 24.7 Å². The highest BCUT2D eigenvalue weighted by molar-refractivity contribution is 5.15. The Morgan fingerprint density at radius 1 is 0.627 bits per heavy atom. The Hall–Kier alpha value is -0.640. The monoisotopic (exact) mass is 842 g/mol. The third-order valence-electron chi connectivity index (χ3n) is 17.5. The lowest BCUT2D eigenvalue weighted by Crippen LogP contribution is -2.66. The van der Waals surface area contributed by atoms with Crippen LogP contribution in [-0.2, 0) is 37.9 Å². The van der Waals surface area contributed by atoms with E-state index in [0.29, 0.717) is 41.4 Å². The first-order valence-corrected chi connectivity index (χ1v) is 22.6. The minimum absolute atomic E-state index is 0.128. The van der Waals surface area contributed by atoms with E-state index in [1.54, 1.807) is 0 Å². The molecular formula is C43H70O16. The van der Waals surface area contributed by atoms with Crippen LogP contribution in [0.5, 0.6) is 0 Å². The predicted molar refractivity (Wildman–Crippen MR) is 204 cm³/mol. The Balaban J connectivity index is 0.887. The highest BCUT2D eigenvalue weighted by atomic mass is 16.8. The maximum Gasteiger partial charge on any atom is 0.187 e. The largest absolute Gasteiger partial charge is 0.394 e. The van der Waals surface area contributed by atoms with Gasteiger partial charge in [-0.2, -0.15) is 0 Å². The van der Waals surface area contributed by atoms with Gasteiger partial charge in [-0.25, -0.2) is 0 Å². The van der Waals surface area contributed by atoms with Gasteiger partial charge < -0.3 is 78.7 Å². The van der Waals surface area contributed by atoms with E-state index in [2.05, 4.69) is 27.7 Å². The lowest BCUT2D eigenvalue weighted by atomic mass is 9.44. The van der Waals surface area contributed by atoms with Gasteiger partial charge in [-0.3, -0.25) is 0 Å². The number of ether oxygens (including phenoxy) is 8. The zero-order valence-electron chi connectivity index (χ0n) is 34.9. The fraction of sp³-hybridized carbons (Fsp3) is 1.00. The van der Waals surface area contributed by atoms with Gasteiger partial charge in [0.25, 0.3) is 0 Å². The molecule has 0 aromatic carbocycles. The molecule has 0 aromatic rings. The normalized spacial score (nSPS) is 58.8. The number of aliphatic hydroxyl groups excluding tert-OH is 8. The lowest BCUT2D eigenvalue weighted by Gasteiger charge is -2.61. The molecule has 5 aliphatic heterocycles. The van der Waals surface area contributed by atoms with Crippen LogP contribution in [0, 0.1) is 52.3 Å². The second-order valence-corrected chi connectivity index (χ2v) is 20.6. The van der Waals surface area contributed by atoms with Crippen molar-refractivity contribution in [3.05, 3.63) is 0 Å². The van der Waals surface area contributed by atoms with E-state index in [4.69, 9.17) is 37.9 Å². The minimum atomic E-state index is -1.68. The zero-order valence-corrected chi connectivity index (χ0v) is 34.9. The summed E-state index contributed by atoms with van der Waals surface area (Å²) in [4.78, 5) is 0. The fourth-order valence-corrected chi connectivity index (χ4v) is 14.1. The van der Waals surface area contributed by atoms with E-state index >= 15 is 0 Å². The number of aliphatic hydroxyl groups is 8. The van der Waals surface area contributed by atoms with Crippen LogP contribution in [0.1, 0.15) is 91.9 Å². The van der Waals surface area contributed by atoms with Gasteiger partial charge in [0, 0.05) is 12.3 Å². The van der Waals surface area contributed by atoms with Crippen LogP contribution in [0.15, 0.2) is 0 Å². The molecule has 0 aromatic heterocycles. The van der Waals surface area contributed by atoms with Crippen molar-refractivity contribution in [2.45, 2.75) is 190 Å². The molecular weight excluding hydrogens is 772 g/mol. The number of hydrogen-bond acceptors (Lipinski definition) is 16. The molecule has 5 heterocycles. The van der Waals surface area contributed by atoms with E-state index in [1.807, 2.05) is 0 Å². The Labute approximate surface area is 346 Å². The summed E-state index contributed by atoms with van der Waals surface area (Å²) >= 11 is 0. The number of hydrogen-bond donors (Lipinski definition) is 8. The maximum atomic E-state index is 11.9. The molecule has 9 fully saturated rings. The van der Waals surface area contributed by atoms with Crippen molar-refractivity contribution >= 4 is 0 Å². The summed E-state index contributed by atoms with van der Waals surface area (Å²) in [5.41, 5.74) is 0.360. The van der Waals surface area contributed by atoms with E-state index < -0.39 is 92.3 Å². The van der Waals surface area contributed by atoms with Crippen molar-refractivity contribution in [3.8, 4) is 0 Å². The van der Waals surface area contributed by atoms with E-state index in [1.165, 1.54) is 12.8 Å². The second kappa shape index (κ2) is 16.4. The van der Waals surface area contributed by atoms with Crippen LogP contribution in [-0.4, -0.2) is 165 Å². The van der Waals surface area contributed by atoms with Gasteiger partial charge in [0.1, 0.15) is 61.0 Å². The summed E-state index contributed by atoms with van der Waals surface area (Å²) in [5, 5.41) is 84.5. The third kappa shape index (κ3) is 7.28. The highest BCUT2D eigenvalue weighted by Gasteiger charge is 2.69. The summed E-state index contributed by atoms with van der Waals surface area (Å²) < 4.78 is 49.5. The smallest absolute Gasteiger partial charge is 0.187 e. The summed E-state index contributed by atoms with van der Waals surface area (Å²) in [6.07, 6.45) is -8.74. The van der Waals surface area contributed by atoms with Gasteiger partial charge in [0.05, 0.1) is 38.6 Å². The summed E-state index contributed by atoms with van der Waals surface area (Å²) in [6, 6.07) is 0. The van der Waals surface area contributed by atoms with Gasteiger partial charge >= 0.3 is 0 Å². The molecule has 0 unspecified atom stereocenters. The number of rotatable bonds is 7. The average Bonchev–Trinajstić information content (AvgIpc) is 3.67. The Morgan fingerprint density at radius 3 is 1.93 bits per heavy atom. The molecule has 9 aliphatic rings. The van der Waals surface area contributed by atoms with Crippen molar-refractivity contribution < 1.29 is 78.7 Å². The first-order chi connectivity index (χ1) is 28.1. The van der Waals surface area contributed by atoms with Crippen molar-refractivity contribution in [3.63, 3.8) is 0 Å². The molecule has 0 amide bonds. The molecule has 0 bridgehead atoms. The molecule has 16 nitrogen and oxygen atoms in total. The molecule has 0 radical (unpaired) electrons. The molecule has 4 saturated carbocycles. The van der Waals surface area contributed by atoms with Gasteiger partial charge in [-0.15, -0.1) is 0 Å². The molecule has 1 spiro atoms. The van der Waals surface area contributed by atoms with Crippen LogP contribution in [0.4, 0.5) is 0 Å². The van der Waals surface area contributed by atoms with Crippen molar-refractivity contribution in [1.82, 2.24) is 0 Å². The van der Waals surface area contributed by atoms with E-state index in [9.17, 15) is 40.9 Å². The van der Waals surface area contributed by atoms with Crippen molar-refractivity contribution in [2.75, 3.05) is 26.4 Å². The molecule has 5 saturated heterocycles. The molecule has 338 valence electrons. The molecule has 25 atom stereocenters. The first kappa shape index (κ1) is 43.6. The predicted octanol–water partition coefficient (Wildman–Crippen LogP) is 0.545. The Morgan fingerprint density at radius 2 is 1.29 bits per heavy atom. The van der Waals surface area contributed by atoms with Gasteiger partial charge in [0.2, 0.25) is 0 Å². The minimum Gasteiger partial charge on any atom is -0.394 e. The molecule has 9 rings (SSSR count). The average molecular weight is 843 g/mol. The van der Waals surface area contributed by atoms with E-state index in [0.717, 1.165) is 58.0 Å². The van der Waals surface area contributed by atoms with Crippen LogP contribution in [0.25, 0.3) is 0 Å². The van der Waals surface area contributed by atoms with E-state index in [-0.39, 0.29) is 36.3 Å². The summed E-state index contributed by atoms with van der Waals surface area (Å²) in [7, 11) is 0. The van der Waals surface area contributed by atoms with Crippen molar-refractivity contribution in [1.29, 1.82) is 0 Å². The molecule has 4 aliphatic carbocycles. The Bertz CT molecular complexity index is 1470. The molecule has 59 heavy (non-hydrogen) atoms. The third-order valence-corrected chi connectivity index (χ3v) is 17.5.